The molecule has 0 aromatic heterocycles. The Balaban J connectivity index is 2.83. The number of nitrogens with one attached hydrogen (secondary N) is 2. The molecular weight excluding hydrogens is 158 g/mol. The fourth-order valence-corrected chi connectivity index (χ4v) is 0.773. The van der Waals surface area contributed by atoms with Crippen LogP contribution in [0.1, 0.15) is 0 Å². The van der Waals surface area contributed by atoms with Crippen molar-refractivity contribution in [1.29, 1.82) is 5.41 Å². The Hall–Kier alpha value is -1.91. The summed E-state index contributed by atoms with van der Waals surface area (Å²) in [5.41, 5.74) is 0.533. The molecule has 5 nitrogen and oxygen atoms in total. The van der Waals surface area contributed by atoms with E-state index in [0.29, 0.717) is 12.1 Å². The number of hydrogen-bond acceptors (Lipinski definition) is 3. The van der Waals surface area contributed by atoms with E-state index < -0.39 is 0 Å². The molecule has 0 aromatic rings. The lowest BCUT2D eigenvalue weighted by Crippen LogP contribution is -2.18. The maximum atomic E-state index is 10.0. The first-order chi connectivity index (χ1) is 5.77. The Morgan fingerprint density at radius 1 is 1.50 bits per heavy atom. The summed E-state index contributed by atoms with van der Waals surface area (Å²) in [6.45, 7) is 0. The summed E-state index contributed by atoms with van der Waals surface area (Å²) in [5, 5.41) is 22.3. The first-order valence-electron chi connectivity index (χ1n) is 3.17. The van der Waals surface area contributed by atoms with Gasteiger partial charge in [0, 0.05) is 5.70 Å². The van der Waals surface area contributed by atoms with Crippen LogP contribution in [-0.2, 0) is 10.0 Å². The molecule has 0 bridgehead atoms. The van der Waals surface area contributed by atoms with Gasteiger partial charge in [0.05, 0.1) is 5.71 Å². The van der Waals surface area contributed by atoms with E-state index in [1.54, 1.807) is 0 Å². The second kappa shape index (κ2) is 3.47. The Kier molecular flexibility index (Phi) is 2.37. The predicted molar refractivity (Wildman–Crippen MR) is 42.3 cm³/mol. The van der Waals surface area contributed by atoms with Crippen molar-refractivity contribution in [3.8, 4) is 0 Å². The average molecular weight is 164 g/mol. The summed E-state index contributed by atoms with van der Waals surface area (Å²) in [6.07, 6.45) is 4.73. The zero-order valence-corrected chi connectivity index (χ0v) is 6.07. The van der Waals surface area contributed by atoms with Crippen molar-refractivity contribution in [1.82, 2.24) is 5.32 Å². The lowest BCUT2D eigenvalue weighted by molar-refractivity contribution is -0.108. The Morgan fingerprint density at radius 3 is 2.75 bits per heavy atom. The number of carbonyl (C=O) groups is 1. The normalized spacial score (nSPS) is 19.2. The van der Waals surface area contributed by atoms with Crippen molar-refractivity contribution in [2.45, 2.75) is 0 Å². The molecule has 12 heavy (non-hydrogen) atoms. The van der Waals surface area contributed by atoms with Crippen molar-refractivity contribution >= 4 is 17.8 Å². The molecule has 0 unspecified atom stereocenters. The van der Waals surface area contributed by atoms with Crippen LogP contribution < -0.4 is 5.32 Å². The fraction of sp³-hybridized carbons (Fsp3) is 0. The number of hydrogen-bond donors (Lipinski definition) is 2. The molecule has 0 atom stereocenters. The minimum absolute atomic E-state index is 0.00292. The van der Waals surface area contributed by atoms with E-state index in [9.17, 15) is 10.0 Å². The number of allylic oxidation sites excluding steroid dienone is 3. The number of nitrogens with zero attached hydrogens (tertiary/aromatic N) is 1. The third-order valence-corrected chi connectivity index (χ3v) is 1.32. The van der Waals surface area contributed by atoms with Gasteiger partial charge in [-0.05, 0) is 23.4 Å². The predicted octanol–water partition coefficient (Wildman–Crippen LogP) is -0.00763. The molecule has 0 heterocycles. The summed E-state index contributed by atoms with van der Waals surface area (Å²) in [4.78, 5) is 9.98. The quantitative estimate of drug-likeness (QED) is 0.336. The van der Waals surface area contributed by atoms with E-state index in [1.165, 1.54) is 18.2 Å². The van der Waals surface area contributed by atoms with Gasteiger partial charge >= 0.3 is 0 Å². The van der Waals surface area contributed by atoms with Crippen molar-refractivity contribution in [3.05, 3.63) is 23.9 Å². The molecule has 1 aliphatic carbocycles. The largest absolute Gasteiger partial charge is 0.329 e. The van der Waals surface area contributed by atoms with E-state index in [1.807, 2.05) is 0 Å². The molecule has 1 amide bonds. The van der Waals surface area contributed by atoms with Crippen LogP contribution in [0, 0.1) is 5.41 Å². The summed E-state index contributed by atoms with van der Waals surface area (Å²) >= 11 is 0. The van der Waals surface area contributed by atoms with Crippen molar-refractivity contribution in [3.63, 3.8) is 0 Å². The first kappa shape index (κ1) is 8.19. The van der Waals surface area contributed by atoms with Crippen molar-refractivity contribution in [2.24, 2.45) is 5.16 Å². The van der Waals surface area contributed by atoms with Gasteiger partial charge in [0.1, 0.15) is 5.71 Å². The monoisotopic (exact) mass is 164 g/mol. The highest BCUT2D eigenvalue weighted by Gasteiger charge is 2.08. The van der Waals surface area contributed by atoms with Gasteiger partial charge in [-0.25, -0.2) is 0 Å². The first-order valence-corrected chi connectivity index (χ1v) is 3.17. The summed E-state index contributed by atoms with van der Waals surface area (Å²) in [7, 11) is 0. The SMILES string of the molecule is N=C1C=C(NC=O)C=C/C1=N/[O]. The molecule has 0 aromatic carbocycles. The molecule has 0 saturated carbocycles. The molecule has 0 fully saturated rings. The zero-order chi connectivity index (χ0) is 8.97. The van der Waals surface area contributed by atoms with Crippen LogP contribution in [0.25, 0.3) is 0 Å². The van der Waals surface area contributed by atoms with E-state index in [2.05, 4.69) is 10.5 Å². The minimum Gasteiger partial charge on any atom is -0.329 e. The van der Waals surface area contributed by atoms with Gasteiger partial charge in [-0.15, -0.1) is 5.21 Å². The van der Waals surface area contributed by atoms with Gasteiger partial charge in [-0.1, -0.05) is 0 Å². The average Bonchev–Trinajstić information content (AvgIpc) is 2.05. The highest BCUT2D eigenvalue weighted by atomic mass is 16.4. The molecule has 0 aliphatic heterocycles. The molecule has 61 valence electrons. The van der Waals surface area contributed by atoms with E-state index in [4.69, 9.17) is 5.41 Å². The number of rotatable bonds is 2. The summed E-state index contributed by atoms with van der Waals surface area (Å²) in [6, 6.07) is 0. The second-order valence-electron chi connectivity index (χ2n) is 2.09. The Bertz CT molecular complexity index is 302. The van der Waals surface area contributed by atoms with E-state index >= 15 is 0 Å². The molecule has 1 radical (unpaired) electrons. The van der Waals surface area contributed by atoms with Gasteiger partial charge in [-0.3, -0.25) is 10.2 Å². The molecule has 0 spiro atoms. The maximum Gasteiger partial charge on any atom is 0.211 e. The maximum absolute atomic E-state index is 10.0. The topological polar surface area (TPSA) is 85.2 Å². The van der Waals surface area contributed by atoms with Crippen LogP contribution in [0.2, 0.25) is 0 Å². The van der Waals surface area contributed by atoms with Gasteiger partial charge in [0.15, 0.2) is 0 Å². The van der Waals surface area contributed by atoms with Crippen LogP contribution in [-0.4, -0.2) is 17.8 Å². The molecule has 2 N–H and O–H groups in total. The highest BCUT2D eigenvalue weighted by molar-refractivity contribution is 6.50. The second-order valence-corrected chi connectivity index (χ2v) is 2.09. The van der Waals surface area contributed by atoms with Crippen LogP contribution in [0.3, 0.4) is 0 Å². The molecule has 1 aliphatic rings. The number of amides is 1. The summed E-state index contributed by atoms with van der Waals surface area (Å²) < 4.78 is 0. The van der Waals surface area contributed by atoms with Crippen LogP contribution >= 0.6 is 0 Å². The van der Waals surface area contributed by atoms with Gasteiger partial charge in [0.2, 0.25) is 6.41 Å². The van der Waals surface area contributed by atoms with Crippen molar-refractivity contribution in [2.75, 3.05) is 0 Å². The Morgan fingerprint density at radius 2 is 2.25 bits per heavy atom. The van der Waals surface area contributed by atoms with Gasteiger partial charge in [0.25, 0.3) is 0 Å². The highest BCUT2D eigenvalue weighted by Crippen LogP contribution is 2.01. The molecule has 1 rings (SSSR count). The Labute approximate surface area is 68.6 Å². The minimum atomic E-state index is -0.00292. The van der Waals surface area contributed by atoms with Crippen LogP contribution in [0.4, 0.5) is 0 Å². The smallest absolute Gasteiger partial charge is 0.211 e. The lowest BCUT2D eigenvalue weighted by atomic mass is 10.1. The summed E-state index contributed by atoms with van der Waals surface area (Å²) in [5.74, 6) is 0. The lowest BCUT2D eigenvalue weighted by Gasteiger charge is -2.05. The van der Waals surface area contributed by atoms with Crippen LogP contribution in [0.15, 0.2) is 29.1 Å². The molecular formula is C7H6N3O2. The van der Waals surface area contributed by atoms with E-state index in [-0.39, 0.29) is 11.4 Å². The van der Waals surface area contributed by atoms with E-state index in [0.717, 1.165) is 0 Å². The van der Waals surface area contributed by atoms with Crippen molar-refractivity contribution < 1.29 is 10.0 Å². The van der Waals surface area contributed by atoms with Gasteiger partial charge < -0.3 is 5.32 Å². The standard InChI is InChI=1S/C7H6N3O2/c8-6-3-5(9-4-11)1-2-7(6)10-12/h1-4,8H,(H,9,11)/b8-6?,10-7-. The third-order valence-electron chi connectivity index (χ3n) is 1.32. The number of carbonyl (C=O) groups excluding carboxylic acids is 1. The fourth-order valence-electron chi connectivity index (χ4n) is 0.773. The molecule has 0 saturated heterocycles. The van der Waals surface area contributed by atoms with Crippen LogP contribution in [0.5, 0.6) is 0 Å². The third kappa shape index (κ3) is 1.57. The molecule has 5 heteroatoms. The zero-order valence-electron chi connectivity index (χ0n) is 6.07. The van der Waals surface area contributed by atoms with Gasteiger partial charge in [-0.2, -0.15) is 0 Å².